The highest BCUT2D eigenvalue weighted by molar-refractivity contribution is 8.07. The van der Waals surface area contributed by atoms with Crippen molar-refractivity contribution in [3.05, 3.63) is 82.1 Å². The molecule has 23 heavy (non-hydrogen) atoms. The SMILES string of the molecule is [O-][S+](/C=C/c1ccc(F)cc1)N[S+]([O-])/C=C/c1ccc(F)cc1. The third-order valence-corrected chi connectivity index (χ3v) is 4.75. The standard InChI is InChI=1S/C16H13F2NO2S2/c17-15-5-1-13(2-6-15)9-11-22(20)19-23(21)12-10-14-3-7-16(18)8-4-14/h1-12,19H/b11-9+,12-10+. The van der Waals surface area contributed by atoms with Gasteiger partial charge in [-0.25, -0.2) is 8.78 Å². The van der Waals surface area contributed by atoms with Gasteiger partial charge in [0.05, 0.1) is 0 Å². The third-order valence-electron chi connectivity index (χ3n) is 2.67. The number of hydrogen-bond donors (Lipinski definition) is 1. The van der Waals surface area contributed by atoms with E-state index in [-0.39, 0.29) is 11.6 Å². The van der Waals surface area contributed by atoms with Crippen LogP contribution in [0.15, 0.2) is 59.3 Å². The van der Waals surface area contributed by atoms with Gasteiger partial charge >= 0.3 is 0 Å². The van der Waals surface area contributed by atoms with E-state index in [1.807, 2.05) is 0 Å². The van der Waals surface area contributed by atoms with Crippen LogP contribution in [-0.4, -0.2) is 9.11 Å². The smallest absolute Gasteiger partial charge is 0.143 e. The van der Waals surface area contributed by atoms with Crippen LogP contribution >= 0.6 is 0 Å². The fourth-order valence-corrected chi connectivity index (χ4v) is 3.22. The van der Waals surface area contributed by atoms with E-state index >= 15 is 0 Å². The summed E-state index contributed by atoms with van der Waals surface area (Å²) in [6.07, 6.45) is 3.06. The first-order valence-electron chi connectivity index (χ1n) is 6.48. The topological polar surface area (TPSA) is 58.1 Å². The number of halogens is 2. The second-order valence-corrected chi connectivity index (χ2v) is 6.79. The van der Waals surface area contributed by atoms with Gasteiger partial charge in [-0.3, -0.25) is 0 Å². The molecule has 0 amide bonds. The average molecular weight is 353 g/mol. The first-order valence-corrected chi connectivity index (χ1v) is 8.90. The van der Waals surface area contributed by atoms with Gasteiger partial charge in [0.1, 0.15) is 45.2 Å². The van der Waals surface area contributed by atoms with E-state index in [1.54, 1.807) is 0 Å². The van der Waals surface area contributed by atoms with Crippen LogP contribution in [0.3, 0.4) is 0 Å². The molecule has 0 bridgehead atoms. The van der Waals surface area contributed by atoms with E-state index in [0.29, 0.717) is 11.1 Å². The van der Waals surface area contributed by atoms with Gasteiger partial charge in [-0.2, -0.15) is 0 Å². The minimum Gasteiger partial charge on any atom is -0.590 e. The summed E-state index contributed by atoms with van der Waals surface area (Å²) in [6.45, 7) is 0. The Morgan fingerprint density at radius 2 is 1.04 bits per heavy atom. The fraction of sp³-hybridized carbons (Fsp3) is 0. The maximum Gasteiger partial charge on any atom is 0.143 e. The molecule has 0 aromatic heterocycles. The van der Waals surface area contributed by atoms with Crippen molar-refractivity contribution in [1.29, 1.82) is 0 Å². The number of benzene rings is 2. The largest absolute Gasteiger partial charge is 0.590 e. The first kappa shape index (κ1) is 17.7. The number of hydrogen-bond acceptors (Lipinski definition) is 3. The van der Waals surface area contributed by atoms with Crippen molar-refractivity contribution in [2.24, 2.45) is 0 Å². The molecule has 2 rings (SSSR count). The van der Waals surface area contributed by atoms with Crippen molar-refractivity contribution in [2.75, 3.05) is 0 Å². The van der Waals surface area contributed by atoms with Crippen LogP contribution in [0, 0.1) is 11.6 Å². The molecule has 0 saturated heterocycles. The molecule has 7 heteroatoms. The molecule has 0 spiro atoms. The van der Waals surface area contributed by atoms with Gasteiger partial charge in [-0.05, 0) is 47.5 Å². The Morgan fingerprint density at radius 3 is 1.39 bits per heavy atom. The Kier molecular flexibility index (Phi) is 6.82. The first-order chi connectivity index (χ1) is 11.0. The Labute approximate surface area is 139 Å². The quantitative estimate of drug-likeness (QED) is 0.809. The second-order valence-electron chi connectivity index (χ2n) is 4.39. The van der Waals surface area contributed by atoms with Gasteiger partial charge in [0.25, 0.3) is 0 Å². The van der Waals surface area contributed by atoms with Gasteiger partial charge in [-0.1, -0.05) is 24.3 Å². The lowest BCUT2D eigenvalue weighted by Crippen LogP contribution is -2.27. The predicted molar refractivity (Wildman–Crippen MR) is 90.3 cm³/mol. The third kappa shape index (κ3) is 6.55. The van der Waals surface area contributed by atoms with E-state index in [0.717, 1.165) is 0 Å². The fourth-order valence-electron chi connectivity index (χ4n) is 1.57. The molecule has 0 radical (unpaired) electrons. The Balaban J connectivity index is 1.85. The van der Waals surface area contributed by atoms with Crippen LogP contribution in [0.2, 0.25) is 0 Å². The van der Waals surface area contributed by atoms with Crippen LogP contribution in [0.1, 0.15) is 11.1 Å². The van der Waals surface area contributed by atoms with Gasteiger partial charge in [0, 0.05) is 4.13 Å². The highest BCUT2D eigenvalue weighted by Gasteiger charge is 2.11. The Morgan fingerprint density at radius 1 is 0.696 bits per heavy atom. The number of rotatable bonds is 6. The van der Waals surface area contributed by atoms with E-state index in [2.05, 4.69) is 4.13 Å². The highest BCUT2D eigenvalue weighted by atomic mass is 32.3. The van der Waals surface area contributed by atoms with Crippen molar-refractivity contribution >= 4 is 34.9 Å². The Hall–Kier alpha value is -1.64. The molecule has 2 aromatic carbocycles. The average Bonchev–Trinajstić information content (AvgIpc) is 2.54. The molecular weight excluding hydrogens is 340 g/mol. The number of nitrogens with one attached hydrogen (secondary N) is 1. The van der Waals surface area contributed by atoms with E-state index in [9.17, 15) is 17.9 Å². The van der Waals surface area contributed by atoms with Crippen LogP contribution in [0.4, 0.5) is 8.78 Å². The van der Waals surface area contributed by atoms with Crippen molar-refractivity contribution in [3.63, 3.8) is 0 Å². The maximum absolute atomic E-state index is 12.7. The second kappa shape index (κ2) is 8.85. The lowest BCUT2D eigenvalue weighted by Gasteiger charge is -2.06. The molecule has 0 aliphatic heterocycles. The molecule has 0 aliphatic carbocycles. The summed E-state index contributed by atoms with van der Waals surface area (Å²) in [5.41, 5.74) is 1.35. The summed E-state index contributed by atoms with van der Waals surface area (Å²) in [5, 5.41) is 2.63. The van der Waals surface area contributed by atoms with Crippen molar-refractivity contribution in [2.45, 2.75) is 0 Å². The summed E-state index contributed by atoms with van der Waals surface area (Å²) in [6, 6.07) is 11.3. The Bertz CT molecular complexity index is 616. The molecule has 2 aromatic rings. The molecule has 0 heterocycles. The van der Waals surface area contributed by atoms with Crippen molar-refractivity contribution in [1.82, 2.24) is 4.13 Å². The summed E-state index contributed by atoms with van der Waals surface area (Å²) < 4.78 is 51.3. The molecule has 1 N–H and O–H groups in total. The molecule has 0 aliphatic rings. The molecule has 0 saturated carbocycles. The monoisotopic (exact) mass is 353 g/mol. The van der Waals surface area contributed by atoms with Gasteiger partial charge in [-0.15, -0.1) is 0 Å². The van der Waals surface area contributed by atoms with Crippen LogP contribution in [0.5, 0.6) is 0 Å². The van der Waals surface area contributed by atoms with Crippen molar-refractivity contribution in [3.8, 4) is 0 Å². The summed E-state index contributed by atoms with van der Waals surface area (Å²) in [4.78, 5) is 0. The minimum atomic E-state index is -1.65. The molecular formula is C16H13F2NO2S2. The zero-order valence-corrected chi connectivity index (χ0v) is 13.5. The molecule has 120 valence electrons. The molecule has 2 unspecified atom stereocenters. The zero-order chi connectivity index (χ0) is 16.7. The van der Waals surface area contributed by atoms with E-state index in [4.69, 9.17) is 0 Å². The van der Waals surface area contributed by atoms with Crippen LogP contribution in [0.25, 0.3) is 12.2 Å². The van der Waals surface area contributed by atoms with Gasteiger partial charge in [0.15, 0.2) is 0 Å². The summed E-state index contributed by atoms with van der Waals surface area (Å²) in [5.74, 6) is -0.707. The zero-order valence-electron chi connectivity index (χ0n) is 11.8. The predicted octanol–water partition coefficient (Wildman–Crippen LogP) is 3.52. The maximum atomic E-state index is 12.7. The van der Waals surface area contributed by atoms with Crippen molar-refractivity contribution < 1.29 is 17.9 Å². The van der Waals surface area contributed by atoms with E-state index < -0.39 is 22.7 Å². The lowest BCUT2D eigenvalue weighted by molar-refractivity contribution is 0.585. The molecule has 3 nitrogen and oxygen atoms in total. The van der Waals surface area contributed by atoms with Gasteiger partial charge in [0.2, 0.25) is 0 Å². The molecule has 0 fully saturated rings. The van der Waals surface area contributed by atoms with E-state index in [1.165, 1.54) is 71.5 Å². The van der Waals surface area contributed by atoms with Crippen LogP contribution in [-0.2, 0) is 22.7 Å². The minimum absolute atomic E-state index is 0.353. The normalized spacial score (nSPS) is 14.4. The molecule has 2 atom stereocenters. The van der Waals surface area contributed by atoms with Gasteiger partial charge < -0.3 is 9.11 Å². The van der Waals surface area contributed by atoms with Crippen LogP contribution < -0.4 is 4.13 Å². The summed E-state index contributed by atoms with van der Waals surface area (Å²) >= 11 is -3.31. The highest BCUT2D eigenvalue weighted by Crippen LogP contribution is 2.08. The summed E-state index contributed by atoms with van der Waals surface area (Å²) in [7, 11) is 0. The lowest BCUT2D eigenvalue weighted by atomic mass is 10.2.